The number of carboxylic acid groups (broad SMARTS) is 1. The second-order valence-corrected chi connectivity index (χ2v) is 13.0. The molecule has 0 saturated heterocycles. The molecule has 238 valence electrons. The van der Waals surface area contributed by atoms with Crippen molar-refractivity contribution in [2.24, 2.45) is 0 Å². The van der Waals surface area contributed by atoms with Gasteiger partial charge in [-0.25, -0.2) is 4.79 Å². The van der Waals surface area contributed by atoms with Crippen LogP contribution in [0.3, 0.4) is 0 Å². The molecule has 0 atom stereocenters. The summed E-state index contributed by atoms with van der Waals surface area (Å²) in [5, 5.41) is 9.77. The standard InChI is InChI=1S/C42H36N2O4/c1-27-34(20-21-44-39(27)35(28-18-19-28)24-36(40(44)45)41(46)47)29-22-30-25-43(26-37(30)38(23-29)48-2)42(31-12-6-3-7-13-31,32-14-8-4-9-15-32)33-16-10-5-11-17-33/h3-17,20-24,28H,18-19,25-26H2,1-2H3,(H,46,47). The molecule has 6 heteroatoms. The number of aryl methyl sites for hydroxylation is 1. The Hall–Kier alpha value is -5.46. The Morgan fingerprint density at radius 3 is 1.92 bits per heavy atom. The van der Waals surface area contributed by atoms with Crippen LogP contribution in [-0.2, 0) is 18.6 Å². The number of pyridine rings is 2. The van der Waals surface area contributed by atoms with E-state index >= 15 is 0 Å². The second kappa shape index (κ2) is 11.7. The number of hydrogen-bond donors (Lipinski definition) is 1. The van der Waals surface area contributed by atoms with Gasteiger partial charge in [-0.3, -0.25) is 14.1 Å². The Morgan fingerprint density at radius 1 is 0.812 bits per heavy atom. The van der Waals surface area contributed by atoms with Crippen LogP contribution in [0.1, 0.15) is 68.1 Å². The lowest BCUT2D eigenvalue weighted by atomic mass is 9.75. The van der Waals surface area contributed by atoms with Gasteiger partial charge in [-0.05, 0) is 94.5 Å². The molecule has 0 unspecified atom stereocenters. The first kappa shape index (κ1) is 29.9. The zero-order chi connectivity index (χ0) is 33.0. The van der Waals surface area contributed by atoms with Crippen LogP contribution in [0.25, 0.3) is 16.6 Å². The number of hydrogen-bond acceptors (Lipinski definition) is 4. The Bertz CT molecular complexity index is 2140. The Morgan fingerprint density at radius 2 is 1.40 bits per heavy atom. The molecule has 6 aromatic rings. The summed E-state index contributed by atoms with van der Waals surface area (Å²) in [4.78, 5) is 27.8. The molecule has 2 aliphatic rings. The summed E-state index contributed by atoms with van der Waals surface area (Å²) in [6, 6.07) is 40.1. The van der Waals surface area contributed by atoms with Crippen molar-refractivity contribution in [1.82, 2.24) is 9.30 Å². The molecular formula is C42H36N2O4. The molecule has 4 aromatic carbocycles. The molecule has 0 radical (unpaired) electrons. The van der Waals surface area contributed by atoms with E-state index in [9.17, 15) is 14.7 Å². The van der Waals surface area contributed by atoms with Crippen LogP contribution in [0.15, 0.2) is 126 Å². The predicted molar refractivity (Wildman–Crippen MR) is 188 cm³/mol. The first-order chi connectivity index (χ1) is 23.4. The van der Waals surface area contributed by atoms with Crippen molar-refractivity contribution in [3.63, 3.8) is 0 Å². The summed E-state index contributed by atoms with van der Waals surface area (Å²) in [5.41, 5.74) is 9.39. The van der Waals surface area contributed by atoms with Gasteiger partial charge in [-0.1, -0.05) is 91.0 Å². The molecule has 6 nitrogen and oxygen atoms in total. The normalized spacial score (nSPS) is 14.6. The van der Waals surface area contributed by atoms with E-state index in [-0.39, 0.29) is 11.5 Å². The number of aromatic nitrogens is 1. The summed E-state index contributed by atoms with van der Waals surface area (Å²) in [5.74, 6) is -0.102. The highest BCUT2D eigenvalue weighted by Gasteiger charge is 2.45. The molecule has 1 aliphatic heterocycles. The number of carbonyl (C=O) groups is 1. The van der Waals surface area contributed by atoms with Crippen molar-refractivity contribution < 1.29 is 14.6 Å². The fourth-order valence-corrected chi connectivity index (χ4v) is 7.91. The molecule has 0 bridgehead atoms. The van der Waals surface area contributed by atoms with E-state index in [1.807, 2.05) is 13.0 Å². The zero-order valence-corrected chi connectivity index (χ0v) is 27.0. The van der Waals surface area contributed by atoms with Gasteiger partial charge in [-0.15, -0.1) is 0 Å². The van der Waals surface area contributed by atoms with Crippen molar-refractivity contribution in [1.29, 1.82) is 0 Å². The maximum Gasteiger partial charge on any atom is 0.341 e. The number of ether oxygens (including phenoxy) is 1. The average Bonchev–Trinajstić information content (AvgIpc) is 3.88. The maximum absolute atomic E-state index is 13.3. The predicted octanol–water partition coefficient (Wildman–Crippen LogP) is 8.17. The quantitative estimate of drug-likeness (QED) is 0.172. The number of methoxy groups -OCH3 is 1. The van der Waals surface area contributed by atoms with Crippen molar-refractivity contribution in [2.45, 2.75) is 44.3 Å². The number of fused-ring (bicyclic) bond motifs is 2. The molecule has 1 fully saturated rings. The van der Waals surface area contributed by atoms with E-state index in [0.29, 0.717) is 13.1 Å². The maximum atomic E-state index is 13.3. The SMILES string of the molecule is COc1cc(-c2ccn3c(=O)c(C(=O)O)cc(C4CC4)c3c2C)cc2c1CN(C(c1ccccc1)(c1ccccc1)c1ccccc1)C2. The molecule has 2 aromatic heterocycles. The van der Waals surface area contributed by atoms with Crippen LogP contribution < -0.4 is 10.3 Å². The number of rotatable bonds is 8. The average molecular weight is 633 g/mol. The van der Waals surface area contributed by atoms with E-state index in [2.05, 4.69) is 108 Å². The molecule has 8 rings (SSSR count). The topological polar surface area (TPSA) is 71.2 Å². The fraction of sp³-hybridized carbons (Fsp3) is 0.190. The molecule has 3 heterocycles. The second-order valence-electron chi connectivity index (χ2n) is 13.0. The Kier molecular flexibility index (Phi) is 7.26. The van der Waals surface area contributed by atoms with Gasteiger partial charge >= 0.3 is 5.97 Å². The van der Waals surface area contributed by atoms with Crippen LogP contribution in [0.2, 0.25) is 0 Å². The van der Waals surface area contributed by atoms with Crippen molar-refractivity contribution in [2.75, 3.05) is 7.11 Å². The minimum Gasteiger partial charge on any atom is -0.496 e. The van der Waals surface area contributed by atoms with Gasteiger partial charge in [0.15, 0.2) is 0 Å². The highest BCUT2D eigenvalue weighted by atomic mass is 16.5. The van der Waals surface area contributed by atoms with Crippen molar-refractivity contribution >= 4 is 11.5 Å². The van der Waals surface area contributed by atoms with Gasteiger partial charge in [0.25, 0.3) is 5.56 Å². The van der Waals surface area contributed by atoms with Crippen LogP contribution in [0, 0.1) is 6.92 Å². The molecule has 0 amide bonds. The Labute approximate surface area is 279 Å². The number of nitrogens with zero attached hydrogens (tertiary/aromatic N) is 2. The zero-order valence-electron chi connectivity index (χ0n) is 27.0. The lowest BCUT2D eigenvalue weighted by molar-refractivity contribution is 0.0694. The van der Waals surface area contributed by atoms with E-state index in [4.69, 9.17) is 4.74 Å². The van der Waals surface area contributed by atoms with Crippen molar-refractivity contribution in [3.8, 4) is 16.9 Å². The monoisotopic (exact) mass is 632 g/mol. The summed E-state index contributed by atoms with van der Waals surface area (Å²) in [6.45, 7) is 3.42. The molecule has 48 heavy (non-hydrogen) atoms. The summed E-state index contributed by atoms with van der Waals surface area (Å²) in [7, 11) is 1.73. The first-order valence-electron chi connectivity index (χ1n) is 16.5. The van der Waals surface area contributed by atoms with Gasteiger partial charge < -0.3 is 9.84 Å². The molecule has 1 N–H and O–H groups in total. The molecular weight excluding hydrogens is 596 g/mol. The molecule has 0 spiro atoms. The van der Waals surface area contributed by atoms with Crippen LogP contribution in [0.4, 0.5) is 0 Å². The fourth-order valence-electron chi connectivity index (χ4n) is 7.91. The van der Waals surface area contributed by atoms with Crippen LogP contribution in [0.5, 0.6) is 5.75 Å². The minimum absolute atomic E-state index is 0.181. The van der Waals surface area contributed by atoms with Gasteiger partial charge in [0.1, 0.15) is 11.3 Å². The van der Waals surface area contributed by atoms with E-state index in [0.717, 1.165) is 51.9 Å². The largest absolute Gasteiger partial charge is 0.496 e. The van der Waals surface area contributed by atoms with Crippen LogP contribution in [-0.4, -0.2) is 27.5 Å². The van der Waals surface area contributed by atoms with E-state index in [1.54, 1.807) is 19.4 Å². The lowest BCUT2D eigenvalue weighted by Gasteiger charge is -2.43. The molecule has 1 aliphatic carbocycles. The smallest absolute Gasteiger partial charge is 0.341 e. The third-order valence-electron chi connectivity index (χ3n) is 10.3. The number of carboxylic acids is 1. The third-order valence-corrected chi connectivity index (χ3v) is 10.3. The van der Waals surface area contributed by atoms with Crippen molar-refractivity contribution in [3.05, 3.63) is 176 Å². The van der Waals surface area contributed by atoms with Crippen LogP contribution >= 0.6 is 0 Å². The summed E-state index contributed by atoms with van der Waals surface area (Å²) >= 11 is 0. The third kappa shape index (κ3) is 4.67. The first-order valence-corrected chi connectivity index (χ1v) is 16.5. The number of aromatic carboxylic acids is 1. The summed E-state index contributed by atoms with van der Waals surface area (Å²) < 4.78 is 7.63. The highest BCUT2D eigenvalue weighted by molar-refractivity contribution is 5.89. The van der Waals surface area contributed by atoms with Gasteiger partial charge in [0.05, 0.1) is 18.2 Å². The van der Waals surface area contributed by atoms with Gasteiger partial charge in [0.2, 0.25) is 0 Å². The van der Waals surface area contributed by atoms with E-state index < -0.39 is 17.1 Å². The minimum atomic E-state index is -1.19. The van der Waals surface area contributed by atoms with E-state index in [1.165, 1.54) is 26.7 Å². The number of benzene rings is 4. The molecule has 1 saturated carbocycles. The lowest BCUT2D eigenvalue weighted by Crippen LogP contribution is -2.45. The Balaban J connectivity index is 1.30. The highest BCUT2D eigenvalue weighted by Crippen LogP contribution is 2.49. The summed E-state index contributed by atoms with van der Waals surface area (Å²) in [6.07, 6.45) is 3.71. The van der Waals surface area contributed by atoms with Gasteiger partial charge in [0, 0.05) is 24.8 Å². The van der Waals surface area contributed by atoms with Gasteiger partial charge in [-0.2, -0.15) is 0 Å².